The molecule has 0 fully saturated rings. The van der Waals surface area contributed by atoms with Gasteiger partial charge >= 0.3 is 6.03 Å². The Kier molecular flexibility index (Phi) is 6.14. The van der Waals surface area contributed by atoms with E-state index in [9.17, 15) is 4.79 Å². The van der Waals surface area contributed by atoms with E-state index in [4.69, 9.17) is 4.52 Å². The van der Waals surface area contributed by atoms with Gasteiger partial charge in [0.2, 0.25) is 11.7 Å². The Morgan fingerprint density at radius 1 is 1.15 bits per heavy atom. The van der Waals surface area contributed by atoms with E-state index in [1.165, 1.54) is 0 Å². The highest BCUT2D eigenvalue weighted by molar-refractivity contribution is 5.90. The lowest BCUT2D eigenvalue weighted by Crippen LogP contribution is -2.37. The van der Waals surface area contributed by atoms with Gasteiger partial charge in [0.25, 0.3) is 0 Å². The molecule has 1 aromatic carbocycles. The van der Waals surface area contributed by atoms with Gasteiger partial charge in [-0.05, 0) is 36.6 Å². The minimum Gasteiger partial charge on any atom is -0.339 e. The molecule has 140 valence electrons. The summed E-state index contributed by atoms with van der Waals surface area (Å²) in [5.74, 6) is 0.971. The zero-order valence-electron chi connectivity index (χ0n) is 15.5. The van der Waals surface area contributed by atoms with Gasteiger partial charge in [0.05, 0.1) is 6.42 Å². The van der Waals surface area contributed by atoms with Crippen molar-refractivity contribution in [1.82, 2.24) is 20.4 Å². The minimum absolute atomic E-state index is 0.162. The molecular weight excluding hydrogens is 342 g/mol. The molecule has 2 heterocycles. The van der Waals surface area contributed by atoms with Crippen molar-refractivity contribution in [2.75, 3.05) is 5.32 Å². The number of amides is 2. The molecule has 0 saturated carbocycles. The molecular formula is C20H23N5O2. The van der Waals surface area contributed by atoms with E-state index in [0.717, 1.165) is 29.7 Å². The highest BCUT2D eigenvalue weighted by Gasteiger charge is 2.14. The van der Waals surface area contributed by atoms with Crippen LogP contribution in [0.2, 0.25) is 0 Å². The number of nitrogens with one attached hydrogen (secondary N) is 2. The molecule has 0 radical (unpaired) electrons. The van der Waals surface area contributed by atoms with Gasteiger partial charge in [-0.3, -0.25) is 4.98 Å². The smallest absolute Gasteiger partial charge is 0.319 e. The van der Waals surface area contributed by atoms with E-state index >= 15 is 0 Å². The van der Waals surface area contributed by atoms with E-state index in [2.05, 4.69) is 39.6 Å². The fraction of sp³-hybridized carbons (Fsp3) is 0.300. The van der Waals surface area contributed by atoms with Crippen LogP contribution in [0, 0.1) is 0 Å². The first kappa shape index (κ1) is 18.6. The van der Waals surface area contributed by atoms with Crippen LogP contribution in [0.25, 0.3) is 11.4 Å². The molecule has 7 heteroatoms. The average Bonchev–Trinajstić information content (AvgIpc) is 3.17. The zero-order chi connectivity index (χ0) is 19.1. The number of rotatable bonds is 7. The number of para-hydroxylation sites is 1. The maximum Gasteiger partial charge on any atom is 0.319 e. The van der Waals surface area contributed by atoms with Crippen LogP contribution in [0.15, 0.2) is 53.3 Å². The highest BCUT2D eigenvalue weighted by atomic mass is 16.5. The lowest BCUT2D eigenvalue weighted by Gasteiger charge is -2.16. The third kappa shape index (κ3) is 4.91. The van der Waals surface area contributed by atoms with E-state index in [0.29, 0.717) is 18.1 Å². The number of anilines is 1. The molecule has 0 bridgehead atoms. The van der Waals surface area contributed by atoms with Crippen molar-refractivity contribution >= 4 is 11.7 Å². The van der Waals surface area contributed by atoms with Crippen molar-refractivity contribution in [2.24, 2.45) is 0 Å². The third-order valence-electron chi connectivity index (χ3n) is 4.32. The maximum absolute atomic E-state index is 12.3. The monoisotopic (exact) mass is 365 g/mol. The van der Waals surface area contributed by atoms with Gasteiger partial charge in [0, 0.05) is 29.7 Å². The minimum atomic E-state index is -0.210. The van der Waals surface area contributed by atoms with Gasteiger partial charge in [-0.1, -0.05) is 37.2 Å². The summed E-state index contributed by atoms with van der Waals surface area (Å²) in [6.07, 6.45) is 5.59. The topological polar surface area (TPSA) is 92.9 Å². The lowest BCUT2D eigenvalue weighted by atomic mass is 10.1. The predicted octanol–water partition coefficient (Wildman–Crippen LogP) is 4.03. The number of urea groups is 1. The van der Waals surface area contributed by atoms with Crippen molar-refractivity contribution < 1.29 is 9.32 Å². The lowest BCUT2D eigenvalue weighted by molar-refractivity contribution is 0.247. The van der Waals surface area contributed by atoms with Gasteiger partial charge < -0.3 is 15.2 Å². The first-order valence-electron chi connectivity index (χ1n) is 9.08. The second-order valence-corrected chi connectivity index (χ2v) is 6.20. The zero-order valence-corrected chi connectivity index (χ0v) is 15.5. The number of carbonyl (C=O) groups excluding carboxylic acids is 1. The number of nitrogens with zero attached hydrogens (tertiary/aromatic N) is 3. The molecule has 2 N–H and O–H groups in total. The molecule has 0 unspecified atom stereocenters. The Hall–Kier alpha value is -3.22. The van der Waals surface area contributed by atoms with E-state index in [1.807, 2.05) is 36.4 Å². The number of aromatic nitrogens is 3. The quantitative estimate of drug-likeness (QED) is 0.659. The SMILES string of the molecule is CCC(CC)NC(=O)Nc1ccccc1Cc1nc(-c2cccnc2)no1. The van der Waals surface area contributed by atoms with E-state index in [1.54, 1.807) is 12.4 Å². The Labute approximate surface area is 158 Å². The molecule has 7 nitrogen and oxygen atoms in total. The molecule has 0 spiro atoms. The largest absolute Gasteiger partial charge is 0.339 e. The summed E-state index contributed by atoms with van der Waals surface area (Å²) in [6, 6.07) is 11.2. The molecule has 0 aliphatic heterocycles. The van der Waals surface area contributed by atoms with Crippen molar-refractivity contribution in [2.45, 2.75) is 39.2 Å². The van der Waals surface area contributed by atoms with Crippen LogP contribution >= 0.6 is 0 Å². The Balaban J connectivity index is 1.71. The first-order chi connectivity index (χ1) is 13.2. The van der Waals surface area contributed by atoms with Crippen LogP contribution in [-0.4, -0.2) is 27.2 Å². The Morgan fingerprint density at radius 3 is 2.70 bits per heavy atom. The molecule has 0 aliphatic carbocycles. The second kappa shape index (κ2) is 8.93. The van der Waals surface area contributed by atoms with Crippen molar-refractivity contribution in [3.63, 3.8) is 0 Å². The molecule has 0 aliphatic rings. The van der Waals surface area contributed by atoms with E-state index in [-0.39, 0.29) is 12.1 Å². The number of hydrogen-bond donors (Lipinski definition) is 2. The number of benzene rings is 1. The molecule has 0 saturated heterocycles. The molecule has 3 aromatic rings. The fourth-order valence-electron chi connectivity index (χ4n) is 2.73. The third-order valence-corrected chi connectivity index (χ3v) is 4.32. The second-order valence-electron chi connectivity index (χ2n) is 6.20. The molecule has 3 rings (SSSR count). The normalized spacial score (nSPS) is 10.8. The molecule has 2 amide bonds. The summed E-state index contributed by atoms with van der Waals surface area (Å²) in [5, 5.41) is 9.90. The van der Waals surface area contributed by atoms with Crippen LogP contribution in [0.5, 0.6) is 0 Å². The van der Waals surface area contributed by atoms with Crippen molar-refractivity contribution in [3.8, 4) is 11.4 Å². The summed E-state index contributed by atoms with van der Waals surface area (Å²) in [5.41, 5.74) is 2.42. The summed E-state index contributed by atoms with van der Waals surface area (Å²) in [7, 11) is 0. The number of hydrogen-bond acceptors (Lipinski definition) is 5. The summed E-state index contributed by atoms with van der Waals surface area (Å²) >= 11 is 0. The Morgan fingerprint density at radius 2 is 1.96 bits per heavy atom. The molecule has 0 atom stereocenters. The van der Waals surface area contributed by atoms with Crippen LogP contribution in [0.1, 0.15) is 38.1 Å². The number of carbonyl (C=O) groups is 1. The van der Waals surface area contributed by atoms with Crippen LogP contribution in [0.3, 0.4) is 0 Å². The fourth-order valence-corrected chi connectivity index (χ4v) is 2.73. The van der Waals surface area contributed by atoms with Gasteiger partial charge in [0.15, 0.2) is 0 Å². The predicted molar refractivity (Wildman–Crippen MR) is 103 cm³/mol. The molecule has 27 heavy (non-hydrogen) atoms. The highest BCUT2D eigenvalue weighted by Crippen LogP contribution is 2.20. The van der Waals surface area contributed by atoms with Crippen LogP contribution in [0.4, 0.5) is 10.5 Å². The van der Waals surface area contributed by atoms with Gasteiger partial charge in [-0.25, -0.2) is 4.79 Å². The number of pyridine rings is 1. The Bertz CT molecular complexity index is 875. The van der Waals surface area contributed by atoms with Gasteiger partial charge in [0.1, 0.15) is 0 Å². The van der Waals surface area contributed by atoms with Crippen molar-refractivity contribution in [3.05, 3.63) is 60.2 Å². The summed E-state index contributed by atoms with van der Waals surface area (Å²) in [4.78, 5) is 20.7. The van der Waals surface area contributed by atoms with Gasteiger partial charge in [-0.2, -0.15) is 4.98 Å². The first-order valence-corrected chi connectivity index (χ1v) is 9.08. The summed E-state index contributed by atoms with van der Waals surface area (Å²) in [6.45, 7) is 4.11. The maximum atomic E-state index is 12.3. The van der Waals surface area contributed by atoms with Crippen LogP contribution < -0.4 is 10.6 Å². The van der Waals surface area contributed by atoms with Crippen LogP contribution in [-0.2, 0) is 6.42 Å². The average molecular weight is 365 g/mol. The summed E-state index contributed by atoms with van der Waals surface area (Å²) < 4.78 is 5.37. The molecule has 2 aromatic heterocycles. The van der Waals surface area contributed by atoms with Gasteiger partial charge in [-0.15, -0.1) is 0 Å². The standard InChI is InChI=1S/C20H23N5O2/c1-3-16(4-2)22-20(26)23-17-10-6-5-8-14(17)12-18-24-19(25-27-18)15-9-7-11-21-13-15/h5-11,13,16H,3-4,12H2,1-2H3,(H2,22,23,26). The van der Waals surface area contributed by atoms with E-state index < -0.39 is 0 Å². The van der Waals surface area contributed by atoms with Crippen molar-refractivity contribution in [1.29, 1.82) is 0 Å².